The Labute approximate surface area is 266 Å². The van der Waals surface area contributed by atoms with Gasteiger partial charge in [-0.1, -0.05) is 31.6 Å². The molecule has 5 rings (SSSR count). The number of ether oxygens (including phenoxy) is 2. The number of hydrogen-bond acceptors (Lipinski definition) is 8. The third-order valence-electron chi connectivity index (χ3n) is 10.0. The van der Waals surface area contributed by atoms with Gasteiger partial charge in [0.2, 0.25) is 11.6 Å². The smallest absolute Gasteiger partial charge is 0.410 e. The molecule has 3 saturated heterocycles. The van der Waals surface area contributed by atoms with Gasteiger partial charge in [0.1, 0.15) is 11.9 Å². The topological polar surface area (TPSA) is 99.6 Å². The van der Waals surface area contributed by atoms with Gasteiger partial charge in [0, 0.05) is 56.8 Å². The fourth-order valence-corrected chi connectivity index (χ4v) is 6.99. The number of halogens is 1. The Bertz CT molecular complexity index is 1320. The lowest BCUT2D eigenvalue weighted by molar-refractivity contribution is -0.140. The van der Waals surface area contributed by atoms with Crippen molar-refractivity contribution in [1.29, 1.82) is 0 Å². The van der Waals surface area contributed by atoms with Crippen LogP contribution in [0.25, 0.3) is 6.08 Å². The van der Waals surface area contributed by atoms with Gasteiger partial charge in [-0.15, -0.1) is 0 Å². The number of aliphatic hydroxyl groups excluding tert-OH is 1. The minimum atomic E-state index is -0.975. The summed E-state index contributed by atoms with van der Waals surface area (Å²) in [5, 5.41) is 10.7. The van der Waals surface area contributed by atoms with E-state index in [-0.39, 0.29) is 29.7 Å². The van der Waals surface area contributed by atoms with Crippen molar-refractivity contribution < 1.29 is 33.4 Å². The molecule has 1 spiro atoms. The van der Waals surface area contributed by atoms with E-state index in [1.54, 1.807) is 17.9 Å². The SMILES string of the molecule is C/C(=C\c1cc(F)cc(N2CCC3(COC3)C2)c1)[C@H]1C(=O)C(=O)C[C@H](O)CC[C@H](C)[C@@H](OC(=O)N2CCN(C)CC2)/C=C/[C@@H]1C. The number of anilines is 1. The molecule has 0 radical (unpaired) electrons. The summed E-state index contributed by atoms with van der Waals surface area (Å²) in [6.45, 7) is 11.5. The zero-order valence-corrected chi connectivity index (χ0v) is 27.0. The highest BCUT2D eigenvalue weighted by Gasteiger charge is 2.44. The van der Waals surface area contributed by atoms with Crippen molar-refractivity contribution in [2.24, 2.45) is 23.2 Å². The molecule has 9 nitrogen and oxygen atoms in total. The van der Waals surface area contributed by atoms with Crippen molar-refractivity contribution >= 4 is 29.4 Å². The maximum absolute atomic E-state index is 14.9. The van der Waals surface area contributed by atoms with Gasteiger partial charge >= 0.3 is 6.09 Å². The first-order chi connectivity index (χ1) is 21.4. The van der Waals surface area contributed by atoms with Crippen LogP contribution in [0, 0.1) is 29.0 Å². The summed E-state index contributed by atoms with van der Waals surface area (Å²) in [7, 11) is 2.02. The fourth-order valence-electron chi connectivity index (χ4n) is 6.99. The van der Waals surface area contributed by atoms with Crippen LogP contribution >= 0.6 is 0 Å². The molecule has 1 N–H and O–H groups in total. The quantitative estimate of drug-likeness (QED) is 0.390. The number of likely N-dealkylation sites (N-methyl/N-ethyl adjacent to an activating group) is 1. The summed E-state index contributed by atoms with van der Waals surface area (Å²) in [4.78, 5) is 45.9. The lowest BCUT2D eigenvalue weighted by Crippen LogP contribution is -2.48. The van der Waals surface area contributed by atoms with E-state index in [4.69, 9.17) is 9.47 Å². The lowest BCUT2D eigenvalue weighted by Gasteiger charge is -2.37. The molecule has 1 aromatic carbocycles. The van der Waals surface area contributed by atoms with Crippen LogP contribution < -0.4 is 4.90 Å². The predicted molar refractivity (Wildman–Crippen MR) is 170 cm³/mol. The van der Waals surface area contributed by atoms with E-state index in [1.165, 1.54) is 12.1 Å². The Morgan fingerprint density at radius 1 is 1.07 bits per heavy atom. The summed E-state index contributed by atoms with van der Waals surface area (Å²) in [6, 6.07) is 4.90. The third kappa shape index (κ3) is 8.02. The molecule has 45 heavy (non-hydrogen) atoms. The second-order valence-corrected chi connectivity index (χ2v) is 13.9. The van der Waals surface area contributed by atoms with Gasteiger partial charge in [-0.25, -0.2) is 9.18 Å². The zero-order chi connectivity index (χ0) is 32.3. The molecule has 0 saturated carbocycles. The van der Waals surface area contributed by atoms with Crippen LogP contribution in [0.3, 0.4) is 0 Å². The standard InChI is InChI=1S/C35H48FN3O6/c1-23-5-7-29(40)19-30(41)33(42)32(24(2)6-8-31(23)45-34(43)38-13-11-37(4)12-14-38)25(3)15-26-16-27(36)18-28(17-26)39-10-9-35(20-39)21-44-22-35/h6,8,15-18,23-24,29,31-32,40H,5,7,9-14,19-22H2,1-4H3/b8-6+,25-15+/t23-,24-,29+,31-,32-/m0/s1. The third-order valence-corrected chi connectivity index (χ3v) is 10.0. The Morgan fingerprint density at radius 3 is 2.47 bits per heavy atom. The van der Waals surface area contributed by atoms with E-state index in [0.717, 1.165) is 51.5 Å². The molecule has 3 fully saturated rings. The molecule has 5 atom stereocenters. The molecule has 1 amide bonds. The van der Waals surface area contributed by atoms with Crippen LogP contribution in [0.2, 0.25) is 0 Å². The molecule has 3 heterocycles. The van der Waals surface area contributed by atoms with Gasteiger partial charge in [0.05, 0.1) is 25.2 Å². The van der Waals surface area contributed by atoms with Gasteiger partial charge in [-0.2, -0.15) is 0 Å². The van der Waals surface area contributed by atoms with Crippen molar-refractivity contribution in [2.75, 3.05) is 64.4 Å². The van der Waals surface area contributed by atoms with E-state index in [2.05, 4.69) is 9.80 Å². The summed E-state index contributed by atoms with van der Waals surface area (Å²) in [6.07, 6.45) is 5.12. The minimum Gasteiger partial charge on any atom is -0.442 e. The summed E-state index contributed by atoms with van der Waals surface area (Å²) in [5.41, 5.74) is 2.18. The predicted octanol–water partition coefficient (Wildman–Crippen LogP) is 4.34. The van der Waals surface area contributed by atoms with Gasteiger partial charge < -0.3 is 29.3 Å². The molecular formula is C35H48FN3O6. The monoisotopic (exact) mass is 625 g/mol. The average molecular weight is 626 g/mol. The molecule has 10 heteroatoms. The van der Waals surface area contributed by atoms with Gasteiger partial charge in [-0.05, 0) is 74.9 Å². The number of carbonyl (C=O) groups excluding carboxylic acids is 3. The largest absolute Gasteiger partial charge is 0.442 e. The summed E-state index contributed by atoms with van der Waals surface area (Å²) >= 11 is 0. The lowest BCUT2D eigenvalue weighted by atomic mass is 9.79. The van der Waals surface area contributed by atoms with Crippen molar-refractivity contribution in [3.05, 3.63) is 47.3 Å². The number of aliphatic hydroxyl groups is 1. The first-order valence-electron chi connectivity index (χ1n) is 16.3. The Kier molecular flexibility index (Phi) is 10.5. The number of Topliss-reactive ketones (excluding diaryl/α,β-unsaturated/α-hetero) is 2. The Hall–Kier alpha value is -3.08. The molecule has 1 aromatic rings. The van der Waals surface area contributed by atoms with E-state index >= 15 is 0 Å². The van der Waals surface area contributed by atoms with E-state index < -0.39 is 35.6 Å². The fraction of sp³-hybridized carbons (Fsp3) is 0.629. The van der Waals surface area contributed by atoms with Gasteiger partial charge in [0.25, 0.3) is 0 Å². The van der Waals surface area contributed by atoms with Gasteiger partial charge in [0.15, 0.2) is 0 Å². The first-order valence-corrected chi connectivity index (χ1v) is 16.3. The first kappa shape index (κ1) is 33.3. The Balaban J connectivity index is 1.39. The highest BCUT2D eigenvalue weighted by molar-refractivity contribution is 6.38. The normalized spacial score (nSPS) is 30.9. The van der Waals surface area contributed by atoms with E-state index in [9.17, 15) is 23.9 Å². The molecule has 0 unspecified atom stereocenters. The second kappa shape index (κ2) is 14.1. The molecule has 0 bridgehead atoms. The number of nitrogens with zero attached hydrogens (tertiary/aromatic N) is 3. The number of benzene rings is 1. The number of carbonyl (C=O) groups is 3. The molecule has 3 aliphatic heterocycles. The number of amides is 1. The minimum absolute atomic E-state index is 0.109. The number of piperazine rings is 1. The van der Waals surface area contributed by atoms with Crippen LogP contribution in [0.4, 0.5) is 14.9 Å². The number of rotatable bonds is 4. The maximum Gasteiger partial charge on any atom is 0.410 e. The highest BCUT2D eigenvalue weighted by Crippen LogP contribution is 2.40. The molecular weight excluding hydrogens is 577 g/mol. The van der Waals surface area contributed by atoms with Crippen LogP contribution in [0.5, 0.6) is 0 Å². The number of allylic oxidation sites excluding steroid dienone is 2. The number of ketones is 2. The van der Waals surface area contributed by atoms with Gasteiger partial charge in [-0.3, -0.25) is 9.59 Å². The van der Waals surface area contributed by atoms with Crippen LogP contribution in [0.15, 0.2) is 35.9 Å². The summed E-state index contributed by atoms with van der Waals surface area (Å²) in [5.74, 6) is -2.91. The van der Waals surface area contributed by atoms with Crippen molar-refractivity contribution in [3.63, 3.8) is 0 Å². The Morgan fingerprint density at radius 2 is 1.80 bits per heavy atom. The number of hydrogen-bond donors (Lipinski definition) is 1. The van der Waals surface area contributed by atoms with Crippen LogP contribution in [0.1, 0.15) is 52.0 Å². The highest BCUT2D eigenvalue weighted by atomic mass is 19.1. The van der Waals surface area contributed by atoms with E-state index in [1.807, 2.05) is 39.1 Å². The van der Waals surface area contributed by atoms with Crippen LogP contribution in [-0.4, -0.2) is 104 Å². The molecule has 246 valence electrons. The second-order valence-electron chi connectivity index (χ2n) is 13.9. The maximum atomic E-state index is 14.9. The van der Waals surface area contributed by atoms with Crippen molar-refractivity contribution in [1.82, 2.24) is 9.80 Å². The van der Waals surface area contributed by atoms with E-state index in [0.29, 0.717) is 37.1 Å². The van der Waals surface area contributed by atoms with Crippen molar-refractivity contribution in [3.8, 4) is 0 Å². The zero-order valence-electron chi connectivity index (χ0n) is 27.0. The molecule has 1 aliphatic carbocycles. The molecule has 4 aliphatic rings. The molecule has 0 aromatic heterocycles. The van der Waals surface area contributed by atoms with Crippen molar-refractivity contribution in [2.45, 2.75) is 58.7 Å². The summed E-state index contributed by atoms with van der Waals surface area (Å²) < 4.78 is 26.3. The average Bonchev–Trinajstić information content (AvgIpc) is 3.45. The van der Waals surface area contributed by atoms with Crippen LogP contribution in [-0.2, 0) is 19.1 Å².